The number of aromatic nitrogens is 1. The van der Waals surface area contributed by atoms with E-state index < -0.39 is 35.0 Å². The molecule has 0 unspecified atom stereocenters. The van der Waals surface area contributed by atoms with Crippen molar-refractivity contribution in [1.82, 2.24) is 4.57 Å². The van der Waals surface area contributed by atoms with E-state index in [2.05, 4.69) is 0 Å². The molecular formula is C21H11ClF6N2O2. The van der Waals surface area contributed by atoms with Crippen molar-refractivity contribution in [3.63, 3.8) is 0 Å². The number of alkyl halides is 6. The summed E-state index contributed by atoms with van der Waals surface area (Å²) >= 11 is 5.97. The monoisotopic (exact) mass is 472 g/mol. The Balaban J connectivity index is 2.18. The first-order valence-electron chi connectivity index (χ1n) is 8.71. The second-order valence-electron chi connectivity index (χ2n) is 6.76. The van der Waals surface area contributed by atoms with Gasteiger partial charge in [-0.25, -0.2) is 4.79 Å². The second-order valence-corrected chi connectivity index (χ2v) is 7.20. The number of fused-ring (bicyclic) bond motifs is 1. The molecule has 0 bridgehead atoms. The summed E-state index contributed by atoms with van der Waals surface area (Å²) in [6, 6.07) is 7.17. The van der Waals surface area contributed by atoms with Gasteiger partial charge >= 0.3 is 18.3 Å². The summed E-state index contributed by atoms with van der Waals surface area (Å²) in [6.07, 6.45) is -7.60. The Bertz CT molecular complexity index is 1250. The lowest BCUT2D eigenvalue weighted by Gasteiger charge is -2.15. The first-order valence-corrected chi connectivity index (χ1v) is 9.09. The number of rotatable bonds is 4. The van der Waals surface area contributed by atoms with Crippen LogP contribution in [0.1, 0.15) is 22.3 Å². The Morgan fingerprint density at radius 1 is 1.06 bits per heavy atom. The fourth-order valence-electron chi connectivity index (χ4n) is 3.15. The highest BCUT2D eigenvalue weighted by molar-refractivity contribution is 6.31. The normalized spacial score (nSPS) is 12.8. The first-order chi connectivity index (χ1) is 14.8. The molecule has 1 aromatic heterocycles. The van der Waals surface area contributed by atoms with E-state index in [1.54, 1.807) is 0 Å². The number of nitrogens with zero attached hydrogens (tertiary/aromatic N) is 2. The van der Waals surface area contributed by atoms with Gasteiger partial charge in [-0.3, -0.25) is 0 Å². The highest BCUT2D eigenvalue weighted by Gasteiger charge is 2.36. The van der Waals surface area contributed by atoms with Crippen LogP contribution in [0.3, 0.4) is 0 Å². The van der Waals surface area contributed by atoms with Gasteiger partial charge < -0.3 is 9.67 Å². The molecule has 0 spiro atoms. The number of benzene rings is 2. The minimum absolute atomic E-state index is 0.0390. The van der Waals surface area contributed by atoms with Gasteiger partial charge in [0.2, 0.25) is 0 Å². The van der Waals surface area contributed by atoms with Crippen LogP contribution in [-0.4, -0.2) is 15.6 Å². The van der Waals surface area contributed by atoms with Crippen LogP contribution in [0, 0.1) is 11.3 Å². The molecule has 1 heterocycles. The summed E-state index contributed by atoms with van der Waals surface area (Å²) in [7, 11) is 0. The summed E-state index contributed by atoms with van der Waals surface area (Å²) in [5.74, 6) is -1.50. The Morgan fingerprint density at radius 2 is 1.66 bits per heavy atom. The Hall–Kier alpha value is -3.45. The van der Waals surface area contributed by atoms with Gasteiger partial charge in [-0.05, 0) is 48.0 Å². The van der Waals surface area contributed by atoms with Gasteiger partial charge in [-0.1, -0.05) is 11.6 Å². The number of aliphatic carboxylic acids is 1. The van der Waals surface area contributed by atoms with Gasteiger partial charge in [0.25, 0.3) is 0 Å². The largest absolute Gasteiger partial charge is 0.477 e. The number of carboxylic acids is 1. The standard InChI is InChI=1S/C21H11ClF6N2O2/c22-16-1-2-18-17(7-16)13(5-12(8-29)19(31)32)10-30(18)9-11-3-14(20(23,24)25)6-15(4-11)21(26,27)28/h1-7,10H,9H2,(H,31,32)/b12-5+. The Kier molecular flexibility index (Phi) is 5.98. The van der Waals surface area contributed by atoms with Crippen LogP contribution in [0.5, 0.6) is 0 Å². The molecule has 0 fully saturated rings. The third-order valence-corrected chi connectivity index (χ3v) is 4.76. The molecule has 1 N–H and O–H groups in total. The third kappa shape index (κ3) is 4.89. The summed E-state index contributed by atoms with van der Waals surface area (Å²) in [6.45, 7) is -0.381. The Labute approximate surface area is 181 Å². The molecule has 0 saturated heterocycles. The van der Waals surface area contributed by atoms with E-state index in [1.165, 1.54) is 35.0 Å². The number of hydrogen-bond donors (Lipinski definition) is 1. The molecule has 3 aromatic rings. The molecular weight excluding hydrogens is 462 g/mol. The van der Waals surface area contributed by atoms with Crippen LogP contribution in [0.25, 0.3) is 17.0 Å². The minimum atomic E-state index is -4.99. The molecule has 0 aliphatic carbocycles. The highest BCUT2D eigenvalue weighted by Crippen LogP contribution is 2.37. The number of hydrogen-bond acceptors (Lipinski definition) is 2. The molecule has 4 nitrogen and oxygen atoms in total. The lowest BCUT2D eigenvalue weighted by molar-refractivity contribution is -0.143. The van der Waals surface area contributed by atoms with Crippen molar-refractivity contribution >= 4 is 34.5 Å². The highest BCUT2D eigenvalue weighted by atomic mass is 35.5. The van der Waals surface area contributed by atoms with Gasteiger partial charge in [0.1, 0.15) is 11.6 Å². The van der Waals surface area contributed by atoms with Crippen molar-refractivity contribution in [3.8, 4) is 6.07 Å². The van der Waals surface area contributed by atoms with Crippen LogP contribution < -0.4 is 0 Å². The first kappa shape index (κ1) is 23.2. The van der Waals surface area contributed by atoms with Crippen molar-refractivity contribution < 1.29 is 36.2 Å². The van der Waals surface area contributed by atoms with E-state index in [1.807, 2.05) is 0 Å². The minimum Gasteiger partial charge on any atom is -0.477 e. The molecule has 2 aromatic carbocycles. The molecule has 32 heavy (non-hydrogen) atoms. The van der Waals surface area contributed by atoms with Crippen molar-refractivity contribution in [1.29, 1.82) is 5.26 Å². The molecule has 0 saturated carbocycles. The number of carboxylic acid groups (broad SMARTS) is 1. The molecule has 0 aliphatic heterocycles. The van der Waals surface area contributed by atoms with E-state index in [-0.39, 0.29) is 28.8 Å². The van der Waals surface area contributed by atoms with Crippen LogP contribution in [0.15, 0.2) is 48.2 Å². The number of nitriles is 1. The predicted octanol–water partition coefficient (Wildman–Crippen LogP) is 6.37. The van der Waals surface area contributed by atoms with Crippen LogP contribution in [-0.2, 0) is 23.7 Å². The van der Waals surface area contributed by atoms with E-state index in [0.717, 1.165) is 6.08 Å². The zero-order valence-electron chi connectivity index (χ0n) is 15.7. The van der Waals surface area contributed by atoms with Crippen LogP contribution in [0.4, 0.5) is 26.3 Å². The maximum atomic E-state index is 13.2. The molecule has 0 atom stereocenters. The maximum absolute atomic E-state index is 13.2. The van der Waals surface area contributed by atoms with Gasteiger partial charge in [0.15, 0.2) is 0 Å². The smallest absolute Gasteiger partial charge is 0.416 e. The summed E-state index contributed by atoms with van der Waals surface area (Å²) in [4.78, 5) is 11.2. The molecule has 11 heteroatoms. The quantitative estimate of drug-likeness (QED) is 0.272. The fraction of sp³-hybridized carbons (Fsp3) is 0.143. The number of halogens is 7. The lowest BCUT2D eigenvalue weighted by atomic mass is 10.0. The average Bonchev–Trinajstić information content (AvgIpc) is 3.00. The van der Waals surface area contributed by atoms with Crippen molar-refractivity contribution in [2.24, 2.45) is 0 Å². The Morgan fingerprint density at radius 3 is 2.16 bits per heavy atom. The van der Waals surface area contributed by atoms with Crippen LogP contribution >= 0.6 is 11.6 Å². The summed E-state index contributed by atoms with van der Waals surface area (Å²) < 4.78 is 80.3. The second kappa shape index (κ2) is 8.24. The van der Waals surface area contributed by atoms with Gasteiger partial charge in [0.05, 0.1) is 11.1 Å². The molecule has 3 rings (SSSR count). The van der Waals surface area contributed by atoms with E-state index in [4.69, 9.17) is 22.0 Å². The van der Waals surface area contributed by atoms with E-state index in [0.29, 0.717) is 23.0 Å². The SMILES string of the molecule is N#C/C(=C\c1cn(Cc2cc(C(F)(F)F)cc(C(F)(F)F)c2)c2ccc(Cl)cc12)C(=O)O. The van der Waals surface area contributed by atoms with E-state index in [9.17, 15) is 31.1 Å². The predicted molar refractivity (Wildman–Crippen MR) is 104 cm³/mol. The summed E-state index contributed by atoms with van der Waals surface area (Å²) in [5, 5.41) is 18.7. The summed E-state index contributed by atoms with van der Waals surface area (Å²) in [5.41, 5.74) is -3.19. The van der Waals surface area contributed by atoms with Crippen molar-refractivity contribution in [2.45, 2.75) is 18.9 Å². The van der Waals surface area contributed by atoms with Crippen molar-refractivity contribution in [2.75, 3.05) is 0 Å². The zero-order chi connectivity index (χ0) is 23.8. The van der Waals surface area contributed by atoms with Crippen molar-refractivity contribution in [3.05, 3.63) is 75.4 Å². The lowest BCUT2D eigenvalue weighted by Crippen LogP contribution is -2.12. The third-order valence-electron chi connectivity index (χ3n) is 4.53. The van der Waals surface area contributed by atoms with E-state index >= 15 is 0 Å². The number of carbonyl (C=O) groups is 1. The molecule has 0 radical (unpaired) electrons. The average molecular weight is 473 g/mol. The van der Waals surface area contributed by atoms with Gasteiger partial charge in [-0.15, -0.1) is 0 Å². The maximum Gasteiger partial charge on any atom is 0.416 e. The fourth-order valence-corrected chi connectivity index (χ4v) is 3.32. The van der Waals surface area contributed by atoms with Crippen LogP contribution in [0.2, 0.25) is 5.02 Å². The van der Waals surface area contributed by atoms with Gasteiger partial charge in [-0.2, -0.15) is 31.6 Å². The van der Waals surface area contributed by atoms with Gasteiger partial charge in [0, 0.05) is 34.2 Å². The zero-order valence-corrected chi connectivity index (χ0v) is 16.5. The molecule has 166 valence electrons. The molecule has 0 amide bonds. The molecule has 0 aliphatic rings. The topological polar surface area (TPSA) is 66.0 Å².